The van der Waals surface area contributed by atoms with E-state index in [4.69, 9.17) is 0 Å². The van der Waals surface area contributed by atoms with Crippen LogP contribution in [0.4, 0.5) is 4.39 Å². The minimum atomic E-state index is -3.72. The molecule has 28 heavy (non-hydrogen) atoms. The smallest absolute Gasteiger partial charge is 0.243 e. The maximum Gasteiger partial charge on any atom is 0.243 e. The van der Waals surface area contributed by atoms with Gasteiger partial charge in [0.25, 0.3) is 0 Å². The number of nitrogens with zero attached hydrogens (tertiary/aromatic N) is 2. The van der Waals surface area contributed by atoms with Crippen LogP contribution in [0.15, 0.2) is 53.4 Å². The molecule has 1 aliphatic rings. The number of rotatable bonds is 6. The Hall–Kier alpha value is -2.29. The SMILES string of the molecule is Cc1ccccc1CNC(=O)CN1CCN(S(=O)(=O)c2cccc(F)c2)CC1. The molecule has 2 aromatic carbocycles. The molecule has 1 amide bonds. The quantitative estimate of drug-likeness (QED) is 0.795. The third-order valence-electron chi connectivity index (χ3n) is 4.87. The Labute approximate surface area is 165 Å². The molecular formula is C20H24FN3O3S. The lowest BCUT2D eigenvalue weighted by Crippen LogP contribution is -2.51. The van der Waals surface area contributed by atoms with Crippen LogP contribution in [-0.2, 0) is 21.4 Å². The zero-order valence-corrected chi connectivity index (χ0v) is 16.6. The summed E-state index contributed by atoms with van der Waals surface area (Å²) in [6.07, 6.45) is 0. The third kappa shape index (κ3) is 4.95. The topological polar surface area (TPSA) is 69.7 Å². The van der Waals surface area contributed by atoms with Gasteiger partial charge >= 0.3 is 0 Å². The summed E-state index contributed by atoms with van der Waals surface area (Å²) in [4.78, 5) is 14.1. The number of nitrogens with one attached hydrogen (secondary N) is 1. The maximum absolute atomic E-state index is 13.4. The highest BCUT2D eigenvalue weighted by molar-refractivity contribution is 7.89. The van der Waals surface area contributed by atoms with Crippen molar-refractivity contribution in [1.82, 2.24) is 14.5 Å². The molecule has 0 spiro atoms. The predicted molar refractivity (Wildman–Crippen MR) is 105 cm³/mol. The number of halogens is 1. The molecule has 150 valence electrons. The number of amides is 1. The Balaban J connectivity index is 1.50. The number of aryl methyl sites for hydroxylation is 1. The van der Waals surface area contributed by atoms with Crippen LogP contribution in [-0.4, -0.2) is 56.3 Å². The Bertz CT molecular complexity index is 941. The first kappa shape index (κ1) is 20.4. The van der Waals surface area contributed by atoms with Crippen LogP contribution in [0, 0.1) is 12.7 Å². The normalized spacial score (nSPS) is 16.1. The van der Waals surface area contributed by atoms with Gasteiger partial charge in [0, 0.05) is 32.7 Å². The van der Waals surface area contributed by atoms with Gasteiger partial charge in [-0.25, -0.2) is 12.8 Å². The molecule has 0 aromatic heterocycles. The summed E-state index contributed by atoms with van der Waals surface area (Å²) in [7, 11) is -3.72. The standard InChI is InChI=1S/C20H24FN3O3S/c1-16-5-2-3-6-17(16)14-22-20(25)15-23-9-11-24(12-10-23)28(26,27)19-8-4-7-18(21)13-19/h2-8,13H,9-12,14-15H2,1H3,(H,22,25). The van der Waals surface area contributed by atoms with Gasteiger partial charge in [-0.2, -0.15) is 4.31 Å². The summed E-state index contributed by atoms with van der Waals surface area (Å²) in [5.74, 6) is -0.672. The van der Waals surface area contributed by atoms with Gasteiger partial charge in [0.1, 0.15) is 5.82 Å². The van der Waals surface area contributed by atoms with Crippen molar-refractivity contribution in [3.63, 3.8) is 0 Å². The number of carbonyl (C=O) groups is 1. The molecule has 2 aromatic rings. The zero-order chi connectivity index (χ0) is 20.1. The molecule has 3 rings (SSSR count). The van der Waals surface area contributed by atoms with Crippen molar-refractivity contribution in [3.05, 3.63) is 65.5 Å². The van der Waals surface area contributed by atoms with E-state index in [-0.39, 0.29) is 30.4 Å². The summed E-state index contributed by atoms with van der Waals surface area (Å²) >= 11 is 0. The van der Waals surface area contributed by atoms with E-state index in [1.807, 2.05) is 36.1 Å². The van der Waals surface area contributed by atoms with Crippen molar-refractivity contribution in [1.29, 1.82) is 0 Å². The van der Waals surface area contributed by atoms with Crippen molar-refractivity contribution < 1.29 is 17.6 Å². The predicted octanol–water partition coefficient (Wildman–Crippen LogP) is 1.76. The van der Waals surface area contributed by atoms with E-state index < -0.39 is 15.8 Å². The van der Waals surface area contributed by atoms with Crippen LogP contribution < -0.4 is 5.32 Å². The van der Waals surface area contributed by atoms with Gasteiger partial charge in [-0.3, -0.25) is 9.69 Å². The zero-order valence-electron chi connectivity index (χ0n) is 15.8. The Morgan fingerprint density at radius 1 is 1.07 bits per heavy atom. The van der Waals surface area contributed by atoms with E-state index in [1.54, 1.807) is 0 Å². The molecule has 8 heteroatoms. The van der Waals surface area contributed by atoms with E-state index in [1.165, 1.54) is 22.5 Å². The molecule has 1 aliphatic heterocycles. The number of carbonyl (C=O) groups excluding carboxylic acids is 1. The monoisotopic (exact) mass is 405 g/mol. The Kier molecular flexibility index (Phi) is 6.43. The average Bonchev–Trinajstić information content (AvgIpc) is 2.68. The minimum absolute atomic E-state index is 0.0445. The molecule has 6 nitrogen and oxygen atoms in total. The molecule has 0 aliphatic carbocycles. The highest BCUT2D eigenvalue weighted by atomic mass is 32.2. The number of hydrogen-bond donors (Lipinski definition) is 1. The summed E-state index contributed by atoms with van der Waals surface area (Å²) in [5, 5.41) is 2.91. The van der Waals surface area contributed by atoms with Gasteiger partial charge in [-0.05, 0) is 36.2 Å². The summed E-state index contributed by atoms with van der Waals surface area (Å²) in [6, 6.07) is 12.9. The van der Waals surface area contributed by atoms with Crippen molar-refractivity contribution >= 4 is 15.9 Å². The van der Waals surface area contributed by atoms with Crippen LogP contribution >= 0.6 is 0 Å². The van der Waals surface area contributed by atoms with Crippen molar-refractivity contribution in [2.75, 3.05) is 32.7 Å². The second-order valence-electron chi connectivity index (χ2n) is 6.84. The second-order valence-corrected chi connectivity index (χ2v) is 8.78. The lowest BCUT2D eigenvalue weighted by Gasteiger charge is -2.33. The molecule has 0 saturated carbocycles. The molecular weight excluding hydrogens is 381 g/mol. The van der Waals surface area contributed by atoms with E-state index in [2.05, 4.69) is 5.32 Å². The average molecular weight is 405 g/mol. The van der Waals surface area contributed by atoms with Crippen LogP contribution in [0.3, 0.4) is 0 Å². The molecule has 0 bridgehead atoms. The third-order valence-corrected chi connectivity index (χ3v) is 6.76. The fraction of sp³-hybridized carbons (Fsp3) is 0.350. The van der Waals surface area contributed by atoms with Gasteiger partial charge in [0.2, 0.25) is 15.9 Å². The molecule has 0 unspecified atom stereocenters. The molecule has 0 radical (unpaired) electrons. The molecule has 0 atom stereocenters. The maximum atomic E-state index is 13.4. The van der Waals surface area contributed by atoms with E-state index in [0.717, 1.165) is 17.2 Å². The van der Waals surface area contributed by atoms with E-state index in [0.29, 0.717) is 19.6 Å². The minimum Gasteiger partial charge on any atom is -0.351 e. The van der Waals surface area contributed by atoms with Crippen molar-refractivity contribution in [2.24, 2.45) is 0 Å². The molecule has 1 saturated heterocycles. The first-order valence-corrected chi connectivity index (χ1v) is 10.6. The lowest BCUT2D eigenvalue weighted by molar-refractivity contribution is -0.122. The van der Waals surface area contributed by atoms with Crippen LogP contribution in [0.1, 0.15) is 11.1 Å². The van der Waals surface area contributed by atoms with Gasteiger partial charge < -0.3 is 5.32 Å². The van der Waals surface area contributed by atoms with Crippen LogP contribution in [0.25, 0.3) is 0 Å². The fourth-order valence-corrected chi connectivity index (χ4v) is 4.62. The summed E-state index contributed by atoms with van der Waals surface area (Å²) in [5.41, 5.74) is 2.20. The molecule has 1 heterocycles. The molecule has 1 N–H and O–H groups in total. The van der Waals surface area contributed by atoms with Gasteiger partial charge in [0.15, 0.2) is 0 Å². The first-order chi connectivity index (χ1) is 13.4. The summed E-state index contributed by atoms with van der Waals surface area (Å²) < 4.78 is 39.9. The number of hydrogen-bond acceptors (Lipinski definition) is 4. The number of benzene rings is 2. The van der Waals surface area contributed by atoms with Crippen molar-refractivity contribution in [3.8, 4) is 0 Å². The van der Waals surface area contributed by atoms with E-state index in [9.17, 15) is 17.6 Å². The second kappa shape index (κ2) is 8.81. The largest absolute Gasteiger partial charge is 0.351 e. The van der Waals surface area contributed by atoms with Gasteiger partial charge in [-0.1, -0.05) is 30.3 Å². The molecule has 1 fully saturated rings. The van der Waals surface area contributed by atoms with Crippen LogP contribution in [0.5, 0.6) is 0 Å². The first-order valence-electron chi connectivity index (χ1n) is 9.15. The highest BCUT2D eigenvalue weighted by Crippen LogP contribution is 2.18. The lowest BCUT2D eigenvalue weighted by atomic mass is 10.1. The van der Waals surface area contributed by atoms with Crippen molar-refractivity contribution in [2.45, 2.75) is 18.4 Å². The Morgan fingerprint density at radius 2 is 1.79 bits per heavy atom. The van der Waals surface area contributed by atoms with Gasteiger partial charge in [0.05, 0.1) is 11.4 Å². The number of sulfonamides is 1. The number of piperazine rings is 1. The van der Waals surface area contributed by atoms with E-state index >= 15 is 0 Å². The fourth-order valence-electron chi connectivity index (χ4n) is 3.17. The Morgan fingerprint density at radius 3 is 2.46 bits per heavy atom. The van der Waals surface area contributed by atoms with Gasteiger partial charge in [-0.15, -0.1) is 0 Å². The van der Waals surface area contributed by atoms with Crippen LogP contribution in [0.2, 0.25) is 0 Å². The highest BCUT2D eigenvalue weighted by Gasteiger charge is 2.29. The summed E-state index contributed by atoms with van der Waals surface area (Å²) in [6.45, 7) is 4.13.